The summed E-state index contributed by atoms with van der Waals surface area (Å²) in [4.78, 5) is 11.7. The first kappa shape index (κ1) is 13.7. The van der Waals surface area contributed by atoms with Crippen molar-refractivity contribution in [2.45, 2.75) is 26.4 Å². The molecule has 0 aliphatic heterocycles. The zero-order valence-corrected chi connectivity index (χ0v) is 10.5. The van der Waals surface area contributed by atoms with E-state index < -0.39 is 6.04 Å². The van der Waals surface area contributed by atoms with Crippen LogP contribution in [-0.2, 0) is 16.1 Å². The number of carbonyl (C=O) groups is 1. The van der Waals surface area contributed by atoms with Crippen molar-refractivity contribution in [1.82, 2.24) is 9.78 Å². The third kappa shape index (κ3) is 4.16. The molecule has 0 fully saturated rings. The van der Waals surface area contributed by atoms with E-state index in [0.29, 0.717) is 18.8 Å². The maximum atomic E-state index is 11.7. The van der Waals surface area contributed by atoms with Crippen LogP contribution in [0.4, 0.5) is 5.69 Å². The average molecular weight is 240 g/mol. The molecule has 6 heteroatoms. The van der Waals surface area contributed by atoms with Crippen molar-refractivity contribution < 1.29 is 9.53 Å². The van der Waals surface area contributed by atoms with Crippen LogP contribution in [0.2, 0.25) is 0 Å². The Hall–Kier alpha value is -1.40. The van der Waals surface area contributed by atoms with Gasteiger partial charge < -0.3 is 15.8 Å². The Bertz CT molecular complexity index is 362. The first-order valence-corrected chi connectivity index (χ1v) is 5.62. The maximum Gasteiger partial charge on any atom is 0.241 e. The van der Waals surface area contributed by atoms with Crippen molar-refractivity contribution in [3.63, 3.8) is 0 Å². The van der Waals surface area contributed by atoms with Gasteiger partial charge in [-0.05, 0) is 5.92 Å². The molecule has 96 valence electrons. The van der Waals surface area contributed by atoms with Gasteiger partial charge in [0.15, 0.2) is 0 Å². The second-order valence-electron chi connectivity index (χ2n) is 4.24. The summed E-state index contributed by atoms with van der Waals surface area (Å²) in [7, 11) is 1.63. The number of hydrogen-bond donors (Lipinski definition) is 2. The number of anilines is 1. The Morgan fingerprint density at radius 2 is 2.35 bits per heavy atom. The molecule has 3 N–H and O–H groups in total. The fraction of sp³-hybridized carbons (Fsp3) is 0.636. The molecule has 1 rings (SSSR count). The average Bonchev–Trinajstić information content (AvgIpc) is 2.72. The molecule has 0 aromatic carbocycles. The van der Waals surface area contributed by atoms with Crippen molar-refractivity contribution in [2.75, 3.05) is 19.0 Å². The molecule has 0 bridgehead atoms. The van der Waals surface area contributed by atoms with E-state index in [2.05, 4.69) is 10.4 Å². The smallest absolute Gasteiger partial charge is 0.241 e. The lowest BCUT2D eigenvalue weighted by Crippen LogP contribution is -2.39. The fourth-order valence-electron chi connectivity index (χ4n) is 1.26. The van der Waals surface area contributed by atoms with E-state index in [1.165, 1.54) is 0 Å². The summed E-state index contributed by atoms with van der Waals surface area (Å²) in [6, 6.07) is -0.502. The summed E-state index contributed by atoms with van der Waals surface area (Å²) in [6.45, 7) is 5.06. The summed E-state index contributed by atoms with van der Waals surface area (Å²) in [6.07, 6.45) is 3.35. The van der Waals surface area contributed by atoms with Gasteiger partial charge in [0.2, 0.25) is 5.91 Å². The number of hydrogen-bond acceptors (Lipinski definition) is 4. The lowest BCUT2D eigenvalue weighted by atomic mass is 10.1. The minimum absolute atomic E-state index is 0.110. The van der Waals surface area contributed by atoms with Crippen molar-refractivity contribution in [1.29, 1.82) is 0 Å². The molecular formula is C11H20N4O2. The monoisotopic (exact) mass is 240 g/mol. The molecule has 1 aromatic heterocycles. The van der Waals surface area contributed by atoms with Crippen molar-refractivity contribution in [3.8, 4) is 0 Å². The van der Waals surface area contributed by atoms with Crippen LogP contribution in [0.15, 0.2) is 12.4 Å². The Balaban J connectivity index is 2.51. The number of methoxy groups -OCH3 is 1. The van der Waals surface area contributed by atoms with Gasteiger partial charge >= 0.3 is 0 Å². The number of ether oxygens (including phenoxy) is 1. The summed E-state index contributed by atoms with van der Waals surface area (Å²) in [5.41, 5.74) is 6.39. The molecule has 0 spiro atoms. The Morgan fingerprint density at radius 1 is 1.65 bits per heavy atom. The number of nitrogens with two attached hydrogens (primary N) is 1. The molecule has 0 aliphatic rings. The predicted molar refractivity (Wildman–Crippen MR) is 65.5 cm³/mol. The predicted octanol–water partition coefficient (Wildman–Crippen LogP) is 0.451. The molecule has 0 radical (unpaired) electrons. The van der Waals surface area contributed by atoms with Crippen molar-refractivity contribution in [2.24, 2.45) is 11.7 Å². The third-order valence-electron chi connectivity index (χ3n) is 2.45. The summed E-state index contributed by atoms with van der Waals surface area (Å²) >= 11 is 0. The van der Waals surface area contributed by atoms with Crippen LogP contribution in [0.25, 0.3) is 0 Å². The molecular weight excluding hydrogens is 220 g/mol. The SMILES string of the molecule is COCCn1cc(NC(=O)[C@H](N)C(C)C)cn1. The second kappa shape index (κ2) is 6.36. The van der Waals surface area contributed by atoms with Gasteiger partial charge in [0.25, 0.3) is 0 Å². The van der Waals surface area contributed by atoms with E-state index in [9.17, 15) is 4.79 Å². The normalized spacial score (nSPS) is 12.8. The second-order valence-corrected chi connectivity index (χ2v) is 4.24. The summed E-state index contributed by atoms with van der Waals surface area (Å²) in [5, 5.41) is 6.82. The maximum absolute atomic E-state index is 11.7. The topological polar surface area (TPSA) is 82.2 Å². The fourth-order valence-corrected chi connectivity index (χ4v) is 1.26. The van der Waals surface area contributed by atoms with Gasteiger partial charge in [-0.15, -0.1) is 0 Å². The number of rotatable bonds is 6. The summed E-state index contributed by atoms with van der Waals surface area (Å²) in [5.74, 6) is -0.0789. The van der Waals surface area contributed by atoms with Crippen LogP contribution in [0, 0.1) is 5.92 Å². The number of amides is 1. The highest BCUT2D eigenvalue weighted by molar-refractivity contribution is 5.94. The third-order valence-corrected chi connectivity index (χ3v) is 2.45. The van der Waals surface area contributed by atoms with Crippen LogP contribution in [-0.4, -0.2) is 35.4 Å². The number of aromatic nitrogens is 2. The van der Waals surface area contributed by atoms with Gasteiger partial charge in [-0.25, -0.2) is 0 Å². The standard InChI is InChI=1S/C11H20N4O2/c1-8(2)10(12)11(16)14-9-6-13-15(7-9)4-5-17-3/h6-8,10H,4-5,12H2,1-3H3,(H,14,16)/t10-/m1/s1. The van der Waals surface area contributed by atoms with E-state index in [0.717, 1.165) is 0 Å². The Labute approximate surface area is 101 Å². The molecule has 0 saturated heterocycles. The van der Waals surface area contributed by atoms with Crippen LogP contribution >= 0.6 is 0 Å². The lowest BCUT2D eigenvalue weighted by molar-refractivity contribution is -0.118. The van der Waals surface area contributed by atoms with E-state index >= 15 is 0 Å². The highest BCUT2D eigenvalue weighted by Crippen LogP contribution is 2.07. The zero-order chi connectivity index (χ0) is 12.8. The minimum atomic E-state index is -0.502. The Morgan fingerprint density at radius 3 is 2.94 bits per heavy atom. The lowest BCUT2D eigenvalue weighted by Gasteiger charge is -2.14. The van der Waals surface area contributed by atoms with Crippen LogP contribution in [0.3, 0.4) is 0 Å². The van der Waals surface area contributed by atoms with Gasteiger partial charge in [-0.2, -0.15) is 5.10 Å². The quantitative estimate of drug-likeness (QED) is 0.756. The van der Waals surface area contributed by atoms with Crippen molar-refractivity contribution in [3.05, 3.63) is 12.4 Å². The molecule has 0 saturated carbocycles. The summed E-state index contributed by atoms with van der Waals surface area (Å²) < 4.78 is 6.65. The first-order chi connectivity index (χ1) is 8.04. The van der Waals surface area contributed by atoms with Gasteiger partial charge in [0.05, 0.1) is 31.1 Å². The zero-order valence-electron chi connectivity index (χ0n) is 10.5. The first-order valence-electron chi connectivity index (χ1n) is 5.62. The largest absolute Gasteiger partial charge is 0.383 e. The number of nitrogens with one attached hydrogen (secondary N) is 1. The molecule has 0 aliphatic carbocycles. The van der Waals surface area contributed by atoms with E-state index in [4.69, 9.17) is 10.5 Å². The van der Waals surface area contributed by atoms with E-state index in [-0.39, 0.29) is 11.8 Å². The van der Waals surface area contributed by atoms with Crippen LogP contribution in [0.1, 0.15) is 13.8 Å². The molecule has 1 heterocycles. The molecule has 1 aromatic rings. The molecule has 1 atom stereocenters. The van der Waals surface area contributed by atoms with Crippen LogP contribution < -0.4 is 11.1 Å². The molecule has 17 heavy (non-hydrogen) atoms. The molecule has 6 nitrogen and oxygen atoms in total. The van der Waals surface area contributed by atoms with Gasteiger partial charge in [0, 0.05) is 13.3 Å². The minimum Gasteiger partial charge on any atom is -0.383 e. The van der Waals surface area contributed by atoms with E-state index in [1.54, 1.807) is 24.2 Å². The number of nitrogens with zero attached hydrogens (tertiary/aromatic N) is 2. The van der Waals surface area contributed by atoms with E-state index in [1.807, 2.05) is 13.8 Å². The van der Waals surface area contributed by atoms with Gasteiger partial charge in [0.1, 0.15) is 0 Å². The molecule has 0 unspecified atom stereocenters. The van der Waals surface area contributed by atoms with Crippen LogP contribution in [0.5, 0.6) is 0 Å². The van der Waals surface area contributed by atoms with Gasteiger partial charge in [-0.3, -0.25) is 9.48 Å². The Kier molecular flexibility index (Phi) is 5.11. The highest BCUT2D eigenvalue weighted by Gasteiger charge is 2.17. The van der Waals surface area contributed by atoms with Gasteiger partial charge in [-0.1, -0.05) is 13.8 Å². The number of carbonyl (C=O) groups excluding carboxylic acids is 1. The van der Waals surface area contributed by atoms with Crippen molar-refractivity contribution >= 4 is 11.6 Å². The highest BCUT2D eigenvalue weighted by atomic mass is 16.5. The molecule has 1 amide bonds.